The molecule has 0 saturated carbocycles. The van der Waals surface area contributed by atoms with Crippen LogP contribution in [0.5, 0.6) is 0 Å². The van der Waals surface area contributed by atoms with E-state index in [4.69, 9.17) is 12.8 Å². The largest absolute Gasteiger partial charge is 0.266 e. The molecular formula is C12H16F4O3S. The van der Waals surface area contributed by atoms with Crippen molar-refractivity contribution >= 4 is 10.1 Å². The number of hydrogen-bond donors (Lipinski definition) is 0. The van der Waals surface area contributed by atoms with Gasteiger partial charge in [-0.25, -0.2) is 21.7 Å². The minimum atomic E-state index is -3.94. The van der Waals surface area contributed by atoms with Gasteiger partial charge >= 0.3 is 0 Å². The molecule has 0 fully saturated rings. The maximum atomic E-state index is 12.1. The Bertz CT molecular complexity index is 454. The first-order valence-electron chi connectivity index (χ1n) is 5.17. The number of rotatable bonds is 6. The minimum absolute atomic E-state index is 0.671. The molecular weight excluding hydrogens is 300 g/mol. The lowest BCUT2D eigenvalue weighted by molar-refractivity contribution is 0.0785. The molecule has 0 spiro atoms. The summed E-state index contributed by atoms with van der Waals surface area (Å²) in [6, 6.07) is 0. The molecule has 0 aromatic heterocycles. The lowest BCUT2D eigenvalue weighted by Crippen LogP contribution is -2.37. The molecule has 0 bridgehead atoms. The normalized spacial score (nSPS) is 11.8. The molecule has 0 amide bonds. The number of terminal acetylenes is 2. The third kappa shape index (κ3) is 8.03. The zero-order valence-corrected chi connectivity index (χ0v) is 11.9. The maximum absolute atomic E-state index is 12.1. The molecule has 8 heteroatoms. The van der Waals surface area contributed by atoms with E-state index < -0.39 is 47.8 Å². The predicted octanol–water partition coefficient (Wildman–Crippen LogP) is 1.84. The van der Waals surface area contributed by atoms with Gasteiger partial charge in [-0.05, 0) is 6.92 Å². The van der Waals surface area contributed by atoms with Gasteiger partial charge in [-0.1, -0.05) is 11.8 Å². The number of halogens is 4. The van der Waals surface area contributed by atoms with Gasteiger partial charge in [0.05, 0.1) is 11.7 Å². The Kier molecular flexibility index (Phi) is 9.29. The third-order valence-corrected chi connectivity index (χ3v) is 2.57. The molecule has 116 valence electrons. The van der Waals surface area contributed by atoms with Gasteiger partial charge in [0.25, 0.3) is 10.1 Å². The smallest absolute Gasteiger partial charge is 0.249 e. The van der Waals surface area contributed by atoms with Crippen LogP contribution in [0.3, 0.4) is 0 Å². The fourth-order valence-electron chi connectivity index (χ4n) is 0.584. The molecule has 0 atom stereocenters. The Morgan fingerprint density at radius 3 is 1.45 bits per heavy atom. The van der Waals surface area contributed by atoms with Gasteiger partial charge in [0, 0.05) is 0 Å². The highest BCUT2D eigenvalue weighted by atomic mass is 32.2. The molecule has 0 unspecified atom stereocenters. The molecule has 0 aromatic carbocycles. The summed E-state index contributed by atoms with van der Waals surface area (Å²) in [6.45, 7) is -2.98. The first kappa shape index (κ1) is 21.1. The molecule has 0 saturated heterocycles. The predicted molar refractivity (Wildman–Crippen MR) is 68.3 cm³/mol. The van der Waals surface area contributed by atoms with Crippen LogP contribution >= 0.6 is 0 Å². The maximum Gasteiger partial charge on any atom is 0.266 e. The summed E-state index contributed by atoms with van der Waals surface area (Å²) in [5, 5.41) is 0. The summed E-state index contributed by atoms with van der Waals surface area (Å²) in [5.41, 5.74) is -3.46. The molecule has 0 radical (unpaired) electrons. The molecule has 0 rings (SSSR count). The van der Waals surface area contributed by atoms with Crippen LogP contribution in [0.2, 0.25) is 0 Å². The summed E-state index contributed by atoms with van der Waals surface area (Å²) in [4.78, 5) is 0. The molecule has 0 aromatic rings. The quantitative estimate of drug-likeness (QED) is 0.427. The standard InChI is InChI=1S/C6H8F2O3S.C6H8F2/c1-3-6(4-7,5-8)11-12(2,9)10;1-3-6(2,4-7)5-8/h1H,4-5H2,2H3;1H,4-5H2,2H3. The Labute approximate surface area is 116 Å². The monoisotopic (exact) mass is 316 g/mol. The van der Waals surface area contributed by atoms with Crippen molar-refractivity contribution in [3.63, 3.8) is 0 Å². The molecule has 0 N–H and O–H groups in total. The van der Waals surface area contributed by atoms with Crippen LogP contribution in [-0.4, -0.2) is 47.0 Å². The van der Waals surface area contributed by atoms with E-state index in [-0.39, 0.29) is 0 Å². The van der Waals surface area contributed by atoms with Gasteiger partial charge in [0.15, 0.2) is 0 Å². The van der Waals surface area contributed by atoms with Gasteiger partial charge in [-0.15, -0.1) is 12.8 Å². The summed E-state index contributed by atoms with van der Waals surface area (Å²) in [5.74, 6) is 3.65. The van der Waals surface area contributed by atoms with Gasteiger partial charge < -0.3 is 0 Å². The Balaban J connectivity index is 0. The molecule has 0 aliphatic heterocycles. The number of alkyl halides is 4. The summed E-state index contributed by atoms with van der Waals surface area (Å²) in [7, 11) is -3.94. The molecule has 0 heterocycles. The van der Waals surface area contributed by atoms with Crippen LogP contribution in [0.25, 0.3) is 0 Å². The Morgan fingerprint density at radius 1 is 1.00 bits per heavy atom. The highest BCUT2D eigenvalue weighted by Gasteiger charge is 2.33. The van der Waals surface area contributed by atoms with Gasteiger partial charge in [0.1, 0.15) is 26.7 Å². The Hall–Kier alpha value is -1.25. The van der Waals surface area contributed by atoms with E-state index in [0.29, 0.717) is 6.26 Å². The second-order valence-electron chi connectivity index (χ2n) is 4.17. The van der Waals surface area contributed by atoms with Crippen LogP contribution in [0, 0.1) is 30.1 Å². The molecule has 3 nitrogen and oxygen atoms in total. The minimum Gasteiger partial charge on any atom is -0.249 e. The second-order valence-corrected chi connectivity index (χ2v) is 5.74. The van der Waals surface area contributed by atoms with Crippen molar-refractivity contribution in [2.24, 2.45) is 5.41 Å². The van der Waals surface area contributed by atoms with E-state index in [1.165, 1.54) is 6.92 Å². The van der Waals surface area contributed by atoms with E-state index in [2.05, 4.69) is 4.18 Å². The van der Waals surface area contributed by atoms with Gasteiger partial charge in [0.2, 0.25) is 5.60 Å². The van der Waals surface area contributed by atoms with Crippen LogP contribution < -0.4 is 0 Å². The van der Waals surface area contributed by atoms with Crippen molar-refractivity contribution < 1.29 is 30.2 Å². The van der Waals surface area contributed by atoms with Crippen molar-refractivity contribution in [2.75, 3.05) is 33.0 Å². The fraction of sp³-hybridized carbons (Fsp3) is 0.667. The van der Waals surface area contributed by atoms with E-state index in [9.17, 15) is 26.0 Å². The van der Waals surface area contributed by atoms with Crippen molar-refractivity contribution in [1.82, 2.24) is 0 Å². The highest BCUT2D eigenvalue weighted by Crippen LogP contribution is 2.15. The SMILES string of the molecule is C#CC(C)(CF)CF.C#CC(CF)(CF)OS(C)(=O)=O. The van der Waals surface area contributed by atoms with Gasteiger partial charge in [-0.3, -0.25) is 0 Å². The van der Waals surface area contributed by atoms with E-state index in [1.54, 1.807) is 5.92 Å². The van der Waals surface area contributed by atoms with E-state index >= 15 is 0 Å². The van der Waals surface area contributed by atoms with Crippen molar-refractivity contribution in [1.29, 1.82) is 0 Å². The average Bonchev–Trinajstić information content (AvgIpc) is 2.43. The van der Waals surface area contributed by atoms with Crippen molar-refractivity contribution in [2.45, 2.75) is 12.5 Å². The number of hydrogen-bond acceptors (Lipinski definition) is 3. The Morgan fingerprint density at radius 2 is 1.40 bits per heavy atom. The van der Waals surface area contributed by atoms with Crippen LogP contribution in [0.4, 0.5) is 17.6 Å². The zero-order chi connectivity index (χ0) is 16.4. The summed E-state index contributed by atoms with van der Waals surface area (Å²) in [6.07, 6.45) is 10.2. The molecule has 20 heavy (non-hydrogen) atoms. The second kappa shape index (κ2) is 8.83. The fourth-order valence-corrected chi connectivity index (χ4v) is 1.30. The van der Waals surface area contributed by atoms with Crippen LogP contribution in [-0.2, 0) is 14.3 Å². The first-order valence-corrected chi connectivity index (χ1v) is 6.99. The van der Waals surface area contributed by atoms with E-state index in [0.717, 1.165) is 0 Å². The van der Waals surface area contributed by atoms with Crippen LogP contribution in [0.15, 0.2) is 0 Å². The first-order chi connectivity index (χ1) is 9.07. The average molecular weight is 316 g/mol. The van der Waals surface area contributed by atoms with Gasteiger partial charge in [-0.2, -0.15) is 8.42 Å². The molecule has 0 aliphatic carbocycles. The van der Waals surface area contributed by atoms with E-state index in [1.807, 2.05) is 5.92 Å². The zero-order valence-electron chi connectivity index (χ0n) is 11.1. The topological polar surface area (TPSA) is 43.4 Å². The van der Waals surface area contributed by atoms with Crippen molar-refractivity contribution in [3.05, 3.63) is 0 Å². The van der Waals surface area contributed by atoms with Crippen LogP contribution in [0.1, 0.15) is 6.92 Å². The summed E-state index contributed by atoms with van der Waals surface area (Å²) >= 11 is 0. The highest BCUT2D eigenvalue weighted by molar-refractivity contribution is 7.86. The summed E-state index contributed by atoms with van der Waals surface area (Å²) < 4.78 is 72.5. The molecule has 0 aliphatic rings. The van der Waals surface area contributed by atoms with Crippen molar-refractivity contribution in [3.8, 4) is 24.7 Å². The lowest BCUT2D eigenvalue weighted by atomic mass is 9.96. The lowest BCUT2D eigenvalue weighted by Gasteiger charge is -2.19. The third-order valence-electron chi connectivity index (χ3n) is 1.94.